The zero-order chi connectivity index (χ0) is 14.9. The number of rotatable bonds is 4. The van der Waals surface area contributed by atoms with E-state index >= 15 is 0 Å². The van der Waals surface area contributed by atoms with Gasteiger partial charge in [0.05, 0.1) is 5.56 Å². The molecule has 20 heavy (non-hydrogen) atoms. The molecule has 0 aliphatic rings. The predicted octanol–water partition coefficient (Wildman–Crippen LogP) is -0.000780. The lowest BCUT2D eigenvalue weighted by atomic mass is 10.2. The first-order valence-electron chi connectivity index (χ1n) is 6.00. The largest absolute Gasteiger partial charge is 0.364 e. The van der Waals surface area contributed by atoms with E-state index in [1.165, 1.54) is 16.8 Å². The standard InChI is InChI=1S/C11H15N5O3S/c1-3-4-16-10(14-15-11(16)20(12,18)19)8-6-13-7(2)5-9(8)17/h5-6H,3-4H2,1-2H3,(H,13,17)(H2,12,18,19). The van der Waals surface area contributed by atoms with E-state index in [2.05, 4.69) is 15.2 Å². The monoisotopic (exact) mass is 297 g/mol. The van der Waals surface area contributed by atoms with Crippen LogP contribution in [0, 0.1) is 6.92 Å². The van der Waals surface area contributed by atoms with Gasteiger partial charge in [-0.3, -0.25) is 9.36 Å². The molecule has 2 rings (SSSR count). The summed E-state index contributed by atoms with van der Waals surface area (Å²) in [5.41, 5.74) is 0.699. The van der Waals surface area contributed by atoms with Crippen molar-refractivity contribution in [3.05, 3.63) is 28.2 Å². The van der Waals surface area contributed by atoms with Gasteiger partial charge in [-0.25, -0.2) is 13.6 Å². The number of primary sulfonamides is 1. The number of nitrogens with one attached hydrogen (secondary N) is 1. The molecule has 0 amide bonds. The van der Waals surface area contributed by atoms with Crippen molar-refractivity contribution < 1.29 is 8.42 Å². The third-order valence-corrected chi connectivity index (χ3v) is 3.53. The summed E-state index contributed by atoms with van der Waals surface area (Å²) >= 11 is 0. The van der Waals surface area contributed by atoms with Crippen molar-refractivity contribution in [2.45, 2.75) is 32.0 Å². The molecule has 0 radical (unpaired) electrons. The molecule has 2 heterocycles. The van der Waals surface area contributed by atoms with Gasteiger partial charge in [-0.1, -0.05) is 6.92 Å². The Morgan fingerprint density at radius 3 is 2.65 bits per heavy atom. The summed E-state index contributed by atoms with van der Waals surface area (Å²) in [5, 5.41) is 12.2. The van der Waals surface area contributed by atoms with Crippen LogP contribution in [0.3, 0.4) is 0 Å². The molecule has 0 bridgehead atoms. The Balaban J connectivity index is 2.69. The first-order valence-corrected chi connectivity index (χ1v) is 7.55. The van der Waals surface area contributed by atoms with E-state index in [1.807, 2.05) is 6.92 Å². The number of nitrogens with two attached hydrogens (primary N) is 1. The maximum atomic E-state index is 12.0. The van der Waals surface area contributed by atoms with Gasteiger partial charge < -0.3 is 4.98 Å². The highest BCUT2D eigenvalue weighted by Crippen LogP contribution is 2.17. The molecule has 108 valence electrons. The Hall–Kier alpha value is -2.00. The molecule has 0 aromatic carbocycles. The van der Waals surface area contributed by atoms with E-state index in [-0.39, 0.29) is 22.0 Å². The molecule has 0 atom stereocenters. The fraction of sp³-hybridized carbons (Fsp3) is 0.364. The van der Waals surface area contributed by atoms with Crippen molar-refractivity contribution in [2.75, 3.05) is 0 Å². The highest BCUT2D eigenvalue weighted by molar-refractivity contribution is 7.89. The number of H-pyrrole nitrogens is 1. The maximum absolute atomic E-state index is 12.0. The molecule has 8 nitrogen and oxygen atoms in total. The summed E-state index contributed by atoms with van der Waals surface area (Å²) < 4.78 is 24.3. The van der Waals surface area contributed by atoms with Crippen LogP contribution < -0.4 is 10.6 Å². The fourth-order valence-corrected chi connectivity index (χ4v) is 2.51. The van der Waals surface area contributed by atoms with E-state index in [0.29, 0.717) is 18.7 Å². The molecule has 0 aliphatic heterocycles. The number of aromatic amines is 1. The summed E-state index contributed by atoms with van der Waals surface area (Å²) in [4.78, 5) is 14.9. The van der Waals surface area contributed by atoms with Crippen molar-refractivity contribution in [3.63, 3.8) is 0 Å². The minimum absolute atomic E-state index is 0.192. The first kappa shape index (κ1) is 14.4. The summed E-state index contributed by atoms with van der Waals surface area (Å²) in [6.07, 6.45) is 2.14. The van der Waals surface area contributed by atoms with Gasteiger partial charge >= 0.3 is 0 Å². The molecule has 0 fully saturated rings. The number of aryl methyl sites for hydroxylation is 1. The first-order chi connectivity index (χ1) is 9.34. The van der Waals surface area contributed by atoms with Crippen LogP contribution in [0.1, 0.15) is 19.0 Å². The number of nitrogens with zero attached hydrogens (tertiary/aromatic N) is 3. The molecule has 0 aliphatic carbocycles. The molecule has 2 aromatic heterocycles. The minimum atomic E-state index is -3.99. The molecule has 0 unspecified atom stereocenters. The summed E-state index contributed by atoms with van der Waals surface area (Å²) in [7, 11) is -3.99. The minimum Gasteiger partial charge on any atom is -0.364 e. The van der Waals surface area contributed by atoms with Crippen LogP contribution in [0.4, 0.5) is 0 Å². The average Bonchev–Trinajstić information content (AvgIpc) is 2.73. The van der Waals surface area contributed by atoms with Gasteiger partial charge in [-0.15, -0.1) is 10.2 Å². The van der Waals surface area contributed by atoms with Crippen molar-refractivity contribution in [2.24, 2.45) is 5.14 Å². The number of sulfonamides is 1. The van der Waals surface area contributed by atoms with Crippen molar-refractivity contribution in [1.29, 1.82) is 0 Å². The lowest BCUT2D eigenvalue weighted by Crippen LogP contribution is -2.19. The maximum Gasteiger partial charge on any atom is 0.273 e. The second kappa shape index (κ2) is 5.17. The molecular weight excluding hydrogens is 282 g/mol. The number of aromatic nitrogens is 4. The van der Waals surface area contributed by atoms with Crippen LogP contribution in [0.15, 0.2) is 22.2 Å². The number of hydrogen-bond donors (Lipinski definition) is 2. The van der Waals surface area contributed by atoms with Crippen molar-refractivity contribution in [1.82, 2.24) is 19.7 Å². The fourth-order valence-electron chi connectivity index (χ4n) is 1.87. The van der Waals surface area contributed by atoms with Gasteiger partial charge in [-0.05, 0) is 13.3 Å². The zero-order valence-corrected chi connectivity index (χ0v) is 11.9. The third kappa shape index (κ3) is 2.63. The number of hydrogen-bond acceptors (Lipinski definition) is 5. The van der Waals surface area contributed by atoms with Gasteiger partial charge in [0.15, 0.2) is 11.3 Å². The topological polar surface area (TPSA) is 124 Å². The van der Waals surface area contributed by atoms with Crippen molar-refractivity contribution in [3.8, 4) is 11.4 Å². The van der Waals surface area contributed by atoms with Gasteiger partial charge in [0.25, 0.3) is 15.2 Å². The molecule has 9 heteroatoms. The van der Waals surface area contributed by atoms with Crippen LogP contribution in [-0.4, -0.2) is 28.2 Å². The molecule has 2 aromatic rings. The normalized spacial score (nSPS) is 11.8. The van der Waals surface area contributed by atoms with E-state index in [1.54, 1.807) is 6.92 Å². The smallest absolute Gasteiger partial charge is 0.273 e. The SMILES string of the molecule is CCCn1c(-c2c[nH]c(C)cc2=O)nnc1S(N)(=O)=O. The second-order valence-corrected chi connectivity index (χ2v) is 5.85. The van der Waals surface area contributed by atoms with Crippen LogP contribution in [-0.2, 0) is 16.6 Å². The van der Waals surface area contributed by atoms with Gasteiger partial charge in [0.1, 0.15) is 0 Å². The van der Waals surface area contributed by atoms with Crippen LogP contribution >= 0.6 is 0 Å². The zero-order valence-electron chi connectivity index (χ0n) is 11.1. The molecule has 3 N–H and O–H groups in total. The second-order valence-electron chi connectivity index (χ2n) is 4.40. The summed E-state index contributed by atoms with van der Waals surface area (Å²) in [5.74, 6) is 0.192. The Morgan fingerprint density at radius 2 is 2.10 bits per heavy atom. The summed E-state index contributed by atoms with van der Waals surface area (Å²) in [6.45, 7) is 3.97. The Bertz CT molecular complexity index is 791. The Morgan fingerprint density at radius 1 is 1.40 bits per heavy atom. The molecule has 0 spiro atoms. The Labute approximate surface area is 115 Å². The molecule has 0 saturated carbocycles. The summed E-state index contributed by atoms with van der Waals surface area (Å²) in [6, 6.07) is 1.41. The number of pyridine rings is 1. The van der Waals surface area contributed by atoms with E-state index in [9.17, 15) is 13.2 Å². The van der Waals surface area contributed by atoms with E-state index in [4.69, 9.17) is 5.14 Å². The van der Waals surface area contributed by atoms with Gasteiger partial charge in [-0.2, -0.15) is 0 Å². The van der Waals surface area contributed by atoms with Crippen LogP contribution in [0.2, 0.25) is 0 Å². The molecule has 0 saturated heterocycles. The Kier molecular flexibility index (Phi) is 3.73. The van der Waals surface area contributed by atoms with E-state index < -0.39 is 10.0 Å². The lowest BCUT2D eigenvalue weighted by molar-refractivity contribution is 0.559. The van der Waals surface area contributed by atoms with Crippen LogP contribution in [0.25, 0.3) is 11.4 Å². The molecular formula is C11H15N5O3S. The average molecular weight is 297 g/mol. The van der Waals surface area contributed by atoms with E-state index in [0.717, 1.165) is 0 Å². The van der Waals surface area contributed by atoms with Gasteiger partial charge in [0.2, 0.25) is 0 Å². The van der Waals surface area contributed by atoms with Gasteiger partial charge in [0, 0.05) is 24.5 Å². The van der Waals surface area contributed by atoms with Crippen LogP contribution in [0.5, 0.6) is 0 Å². The quantitative estimate of drug-likeness (QED) is 0.822. The lowest BCUT2D eigenvalue weighted by Gasteiger charge is -2.07. The highest BCUT2D eigenvalue weighted by atomic mass is 32.2. The predicted molar refractivity (Wildman–Crippen MR) is 72.5 cm³/mol. The van der Waals surface area contributed by atoms with Crippen molar-refractivity contribution >= 4 is 10.0 Å². The highest BCUT2D eigenvalue weighted by Gasteiger charge is 2.22. The third-order valence-electron chi connectivity index (χ3n) is 2.72.